The lowest BCUT2D eigenvalue weighted by Gasteiger charge is -2.37. The lowest BCUT2D eigenvalue weighted by Crippen LogP contribution is -2.58. The Bertz CT molecular complexity index is 508. The van der Waals surface area contributed by atoms with Gasteiger partial charge in [-0.05, 0) is 6.42 Å². The number of nitrogens with zero attached hydrogens (tertiary/aromatic N) is 1. The number of hydrogen-bond donors (Lipinski definition) is 8. The molecule has 15 heteroatoms. The van der Waals surface area contributed by atoms with Gasteiger partial charge < -0.3 is 41.5 Å². The SMILES string of the molecule is NC(=O)NCCCC(O)(C(N)=O)N(CP(=O)(O)O)CP(=O)(O)O. The number of amides is 3. The summed E-state index contributed by atoms with van der Waals surface area (Å²) in [5.41, 5.74) is 7.08. The number of hydrogen-bond acceptors (Lipinski definition) is 6. The first-order valence-electron chi connectivity index (χ1n) is 6.07. The van der Waals surface area contributed by atoms with Gasteiger partial charge in [-0.3, -0.25) is 13.9 Å². The average Bonchev–Trinajstić information content (AvgIpc) is 2.29. The molecule has 0 radical (unpaired) electrons. The monoisotopic (exact) mass is 378 g/mol. The number of nitrogens with two attached hydrogens (primary N) is 2. The van der Waals surface area contributed by atoms with Crippen LogP contribution in [-0.2, 0) is 13.9 Å². The summed E-state index contributed by atoms with van der Waals surface area (Å²) in [6.07, 6.45) is -3.27. The van der Waals surface area contributed by atoms with Crippen LogP contribution < -0.4 is 16.8 Å². The fraction of sp³-hybridized carbons (Fsp3) is 0.750. The number of carbonyl (C=O) groups is 2. The zero-order valence-corrected chi connectivity index (χ0v) is 13.7. The van der Waals surface area contributed by atoms with E-state index in [4.69, 9.17) is 31.0 Å². The van der Waals surface area contributed by atoms with E-state index >= 15 is 0 Å². The minimum absolute atomic E-state index is 0.107. The predicted molar refractivity (Wildman–Crippen MR) is 76.6 cm³/mol. The topological polar surface area (TPSA) is 237 Å². The molecular formula is C8H20N4O9P2. The third kappa shape index (κ3) is 8.98. The number of primary amides is 2. The molecule has 0 aliphatic carbocycles. The molecule has 0 aromatic heterocycles. The third-order valence-electron chi connectivity index (χ3n) is 2.63. The summed E-state index contributed by atoms with van der Waals surface area (Å²) in [5, 5.41) is 12.4. The maximum Gasteiger partial charge on any atom is 0.339 e. The Morgan fingerprint density at radius 3 is 1.78 bits per heavy atom. The molecule has 3 amide bonds. The van der Waals surface area contributed by atoms with Crippen LogP contribution in [0.1, 0.15) is 12.8 Å². The highest BCUT2D eigenvalue weighted by atomic mass is 31.2. The molecule has 0 spiro atoms. The van der Waals surface area contributed by atoms with E-state index in [1.807, 2.05) is 0 Å². The summed E-state index contributed by atoms with van der Waals surface area (Å²) in [6.45, 7) is -0.107. The minimum Gasteiger partial charge on any atom is -0.367 e. The molecule has 0 rings (SSSR count). The van der Waals surface area contributed by atoms with Gasteiger partial charge in [0.25, 0.3) is 5.91 Å². The van der Waals surface area contributed by atoms with Gasteiger partial charge in [-0.25, -0.2) is 9.69 Å². The van der Waals surface area contributed by atoms with Gasteiger partial charge in [-0.2, -0.15) is 0 Å². The van der Waals surface area contributed by atoms with E-state index in [9.17, 15) is 23.8 Å². The maximum atomic E-state index is 11.5. The van der Waals surface area contributed by atoms with Crippen molar-refractivity contribution < 1.29 is 43.4 Å². The van der Waals surface area contributed by atoms with Crippen LogP contribution in [0.15, 0.2) is 0 Å². The molecule has 0 heterocycles. The van der Waals surface area contributed by atoms with Crippen molar-refractivity contribution in [2.45, 2.75) is 18.6 Å². The first-order valence-corrected chi connectivity index (χ1v) is 9.67. The molecule has 0 saturated carbocycles. The molecule has 0 aliphatic heterocycles. The van der Waals surface area contributed by atoms with Crippen LogP contribution in [0.5, 0.6) is 0 Å². The molecule has 0 bridgehead atoms. The van der Waals surface area contributed by atoms with Gasteiger partial charge in [0.05, 0.1) is 0 Å². The van der Waals surface area contributed by atoms with Gasteiger partial charge in [0.2, 0.25) is 0 Å². The molecular weight excluding hydrogens is 358 g/mol. The van der Waals surface area contributed by atoms with Crippen LogP contribution in [0.4, 0.5) is 4.79 Å². The van der Waals surface area contributed by atoms with Crippen LogP contribution in [0.3, 0.4) is 0 Å². The molecule has 0 saturated heterocycles. The van der Waals surface area contributed by atoms with Gasteiger partial charge in [-0.1, -0.05) is 0 Å². The van der Waals surface area contributed by atoms with Crippen LogP contribution in [0.25, 0.3) is 0 Å². The number of urea groups is 1. The van der Waals surface area contributed by atoms with Crippen LogP contribution in [-0.4, -0.2) is 66.4 Å². The molecule has 1 unspecified atom stereocenters. The van der Waals surface area contributed by atoms with E-state index in [1.54, 1.807) is 0 Å². The van der Waals surface area contributed by atoms with Crippen molar-refractivity contribution in [2.75, 3.05) is 19.1 Å². The molecule has 0 aromatic rings. The van der Waals surface area contributed by atoms with Crippen molar-refractivity contribution >= 4 is 27.1 Å². The zero-order valence-electron chi connectivity index (χ0n) is 11.9. The van der Waals surface area contributed by atoms with Crippen LogP contribution in [0.2, 0.25) is 0 Å². The molecule has 0 fully saturated rings. The second-order valence-electron chi connectivity index (χ2n) is 4.73. The van der Waals surface area contributed by atoms with Gasteiger partial charge in [-0.15, -0.1) is 0 Å². The summed E-state index contributed by atoms with van der Waals surface area (Å²) in [5.74, 6) is -1.46. The van der Waals surface area contributed by atoms with E-state index in [-0.39, 0.29) is 17.9 Å². The lowest BCUT2D eigenvalue weighted by atomic mass is 10.1. The van der Waals surface area contributed by atoms with Crippen molar-refractivity contribution in [2.24, 2.45) is 11.5 Å². The molecule has 0 aromatic carbocycles. The fourth-order valence-electron chi connectivity index (χ4n) is 1.71. The van der Waals surface area contributed by atoms with E-state index in [0.717, 1.165) is 0 Å². The van der Waals surface area contributed by atoms with Crippen molar-refractivity contribution in [3.05, 3.63) is 0 Å². The summed E-state index contributed by atoms with van der Waals surface area (Å²) < 4.78 is 22.2. The molecule has 1 atom stereocenters. The Labute approximate surface area is 131 Å². The quantitative estimate of drug-likeness (QED) is 0.110. The van der Waals surface area contributed by atoms with Crippen molar-refractivity contribution in [1.29, 1.82) is 0 Å². The first-order chi connectivity index (χ1) is 10.2. The normalized spacial score (nSPS) is 15.2. The zero-order chi connectivity index (χ0) is 18.5. The second kappa shape index (κ2) is 8.18. The highest BCUT2D eigenvalue weighted by Gasteiger charge is 2.45. The number of rotatable bonds is 10. The van der Waals surface area contributed by atoms with Crippen molar-refractivity contribution in [3.8, 4) is 0 Å². The Morgan fingerprint density at radius 1 is 1.04 bits per heavy atom. The number of carbonyl (C=O) groups excluding carboxylic acids is 2. The molecule has 10 N–H and O–H groups in total. The Balaban J connectivity index is 5.32. The van der Waals surface area contributed by atoms with Crippen molar-refractivity contribution in [3.63, 3.8) is 0 Å². The standard InChI is InChI=1S/C8H20N4O9P2/c9-6(13)8(15,2-1-3-11-7(10)14)12(4-22(16,17)18)5-23(19,20)21/h15H,1-5H2,(H2,9,13)(H3,10,11,14)(H2,16,17,18)(H2,19,20,21). The average molecular weight is 378 g/mol. The predicted octanol–water partition coefficient (Wildman–Crippen LogP) is -2.82. The molecule has 13 nitrogen and oxygen atoms in total. The minimum atomic E-state index is -4.87. The van der Waals surface area contributed by atoms with Gasteiger partial charge in [0.15, 0.2) is 5.72 Å². The second-order valence-corrected chi connectivity index (χ2v) is 7.95. The summed E-state index contributed by atoms with van der Waals surface area (Å²) in [6, 6.07) is -0.880. The first kappa shape index (κ1) is 22.0. The fourth-order valence-corrected chi connectivity index (χ4v) is 3.42. The van der Waals surface area contributed by atoms with Crippen LogP contribution in [0, 0.1) is 0 Å². The maximum absolute atomic E-state index is 11.5. The highest BCUT2D eigenvalue weighted by molar-refractivity contribution is 7.52. The summed E-state index contributed by atoms with van der Waals surface area (Å²) in [4.78, 5) is 58.0. The Hall–Kier alpha value is -1.04. The third-order valence-corrected chi connectivity index (χ3v) is 4.05. The van der Waals surface area contributed by atoms with E-state index in [1.165, 1.54) is 0 Å². The van der Waals surface area contributed by atoms with Gasteiger partial charge >= 0.3 is 21.2 Å². The summed E-state index contributed by atoms with van der Waals surface area (Å²) >= 11 is 0. The number of aliphatic hydroxyl groups is 1. The van der Waals surface area contributed by atoms with Crippen molar-refractivity contribution in [1.82, 2.24) is 10.2 Å². The highest BCUT2D eigenvalue weighted by Crippen LogP contribution is 2.43. The van der Waals surface area contributed by atoms with Crippen LogP contribution >= 0.6 is 15.2 Å². The Kier molecular flexibility index (Phi) is 7.81. The van der Waals surface area contributed by atoms with E-state index in [2.05, 4.69) is 5.32 Å². The van der Waals surface area contributed by atoms with Gasteiger partial charge in [0.1, 0.15) is 12.6 Å². The molecule has 23 heavy (non-hydrogen) atoms. The largest absolute Gasteiger partial charge is 0.367 e. The summed E-state index contributed by atoms with van der Waals surface area (Å²) in [7, 11) is -9.75. The lowest BCUT2D eigenvalue weighted by molar-refractivity contribution is -0.158. The Morgan fingerprint density at radius 2 is 1.48 bits per heavy atom. The number of nitrogens with one attached hydrogen (secondary N) is 1. The van der Waals surface area contributed by atoms with E-state index in [0.29, 0.717) is 0 Å². The smallest absolute Gasteiger partial charge is 0.339 e. The molecule has 0 aliphatic rings. The van der Waals surface area contributed by atoms with Gasteiger partial charge in [0, 0.05) is 13.0 Å². The van der Waals surface area contributed by atoms with E-state index < -0.39 is 51.8 Å². The molecule has 136 valence electrons.